The van der Waals surface area contributed by atoms with Crippen LogP contribution in [0.1, 0.15) is 25.0 Å². The minimum atomic E-state index is -4.22. The van der Waals surface area contributed by atoms with Gasteiger partial charge in [-0.25, -0.2) is 18.4 Å². The van der Waals surface area contributed by atoms with E-state index in [0.29, 0.717) is 15.7 Å². The van der Waals surface area contributed by atoms with Crippen LogP contribution in [0.25, 0.3) is 5.57 Å². The molecule has 0 aliphatic carbocycles. The molecule has 1 fully saturated rings. The smallest absolute Gasteiger partial charge is 0.326 e. The molecule has 1 aromatic heterocycles. The van der Waals surface area contributed by atoms with Crippen LogP contribution in [0.2, 0.25) is 0 Å². The number of benzene rings is 1. The van der Waals surface area contributed by atoms with Crippen molar-refractivity contribution in [2.75, 3.05) is 16.2 Å². The van der Waals surface area contributed by atoms with Gasteiger partial charge in [0.05, 0.1) is 0 Å². The van der Waals surface area contributed by atoms with Gasteiger partial charge >= 0.3 is 10.2 Å². The molecule has 1 aliphatic rings. The maximum absolute atomic E-state index is 14.6. The van der Waals surface area contributed by atoms with E-state index in [9.17, 15) is 22.7 Å². The van der Waals surface area contributed by atoms with Gasteiger partial charge in [0, 0.05) is 12.7 Å². The lowest BCUT2D eigenvalue weighted by molar-refractivity contribution is -0.117. The predicted molar refractivity (Wildman–Crippen MR) is 113 cm³/mol. The molecule has 30 heavy (non-hydrogen) atoms. The molecule has 3 N–H and O–H groups in total. The van der Waals surface area contributed by atoms with Gasteiger partial charge in [-0.15, -0.1) is 0 Å². The van der Waals surface area contributed by atoms with Crippen LogP contribution in [0.3, 0.4) is 0 Å². The zero-order chi connectivity index (χ0) is 21.9. The van der Waals surface area contributed by atoms with E-state index >= 15 is 0 Å². The number of hydrogen-bond donors (Lipinski definition) is 3. The Bertz CT molecular complexity index is 1100. The molecule has 0 atom stereocenters. The molecule has 0 unspecified atom stereocenters. The minimum Gasteiger partial charge on any atom is -0.506 e. The first-order valence-electron chi connectivity index (χ1n) is 9.09. The number of anilines is 2. The molecule has 8 nitrogen and oxygen atoms in total. The maximum atomic E-state index is 14.6. The van der Waals surface area contributed by atoms with Crippen molar-refractivity contribution < 1.29 is 22.7 Å². The summed E-state index contributed by atoms with van der Waals surface area (Å²) in [6, 6.07) is 6.01. The Morgan fingerprint density at radius 3 is 2.67 bits per heavy atom. The van der Waals surface area contributed by atoms with Gasteiger partial charge in [-0.05, 0) is 54.8 Å². The van der Waals surface area contributed by atoms with Crippen LogP contribution in [0.15, 0.2) is 48.7 Å². The third-order valence-electron chi connectivity index (χ3n) is 4.40. The van der Waals surface area contributed by atoms with E-state index in [1.165, 1.54) is 6.07 Å². The highest BCUT2D eigenvalue weighted by atomic mass is 32.2. The number of pyridine rings is 1. The summed E-state index contributed by atoms with van der Waals surface area (Å²) in [7, 11) is -4.22. The molecule has 0 spiro atoms. The number of aromatic nitrogens is 1. The van der Waals surface area contributed by atoms with Crippen molar-refractivity contribution in [3.05, 3.63) is 65.6 Å². The lowest BCUT2D eigenvalue weighted by Crippen LogP contribution is -2.30. The molecule has 2 aromatic rings. The SMILES string of the molecule is C/C=C\C(=C/C)c1ccc(NCc2cc(O)c(N3CC(=O)NS3(=O)=O)c(F)c2)nc1. The summed E-state index contributed by atoms with van der Waals surface area (Å²) in [6.45, 7) is 3.42. The second-order valence-corrected chi connectivity index (χ2v) is 8.11. The number of nitrogens with zero attached hydrogens (tertiary/aromatic N) is 2. The standard InChI is InChI=1S/C20H21FN4O4S/c1-3-5-14(4-2)15-6-7-18(23-11-15)22-10-13-8-16(21)20(17(26)9-13)25-12-19(27)24-30(25,28)29/h3-9,11,26H,10,12H2,1-2H3,(H,22,23)(H,24,27)/b5-3-,14-4+. The quantitative estimate of drug-likeness (QED) is 0.605. The first kappa shape index (κ1) is 21.3. The number of rotatable bonds is 6. The summed E-state index contributed by atoms with van der Waals surface area (Å²) in [5.41, 5.74) is 1.79. The number of carbonyl (C=O) groups is 1. The van der Waals surface area contributed by atoms with Crippen LogP contribution in [0.4, 0.5) is 15.9 Å². The van der Waals surface area contributed by atoms with Crippen molar-refractivity contribution in [3.8, 4) is 5.75 Å². The minimum absolute atomic E-state index is 0.145. The molecular weight excluding hydrogens is 411 g/mol. The number of hydrogen-bond acceptors (Lipinski definition) is 6. The summed E-state index contributed by atoms with van der Waals surface area (Å²) in [5, 5.41) is 13.2. The molecule has 2 heterocycles. The summed E-state index contributed by atoms with van der Waals surface area (Å²) < 4.78 is 40.6. The number of halogens is 1. The Labute approximate surface area is 173 Å². The normalized spacial score (nSPS) is 16.2. The van der Waals surface area contributed by atoms with Crippen LogP contribution >= 0.6 is 0 Å². The maximum Gasteiger partial charge on any atom is 0.326 e. The molecule has 10 heteroatoms. The number of phenolic OH excluding ortho intramolecular Hbond substituents is 1. The van der Waals surface area contributed by atoms with Gasteiger partial charge in [-0.2, -0.15) is 8.42 Å². The van der Waals surface area contributed by atoms with Gasteiger partial charge < -0.3 is 10.4 Å². The van der Waals surface area contributed by atoms with E-state index in [2.05, 4.69) is 10.3 Å². The van der Waals surface area contributed by atoms with E-state index in [1.54, 1.807) is 17.0 Å². The van der Waals surface area contributed by atoms with Gasteiger partial charge in [0.25, 0.3) is 5.91 Å². The number of aromatic hydroxyl groups is 1. The van der Waals surface area contributed by atoms with Crippen molar-refractivity contribution in [2.45, 2.75) is 20.4 Å². The second-order valence-electron chi connectivity index (χ2n) is 6.51. The van der Waals surface area contributed by atoms with Crippen molar-refractivity contribution in [2.24, 2.45) is 0 Å². The van der Waals surface area contributed by atoms with Crippen molar-refractivity contribution in [1.29, 1.82) is 0 Å². The fourth-order valence-corrected chi connectivity index (χ4v) is 4.21. The zero-order valence-electron chi connectivity index (χ0n) is 16.4. The first-order valence-corrected chi connectivity index (χ1v) is 10.5. The summed E-state index contributed by atoms with van der Waals surface area (Å²) >= 11 is 0. The molecule has 0 bridgehead atoms. The van der Waals surface area contributed by atoms with Gasteiger partial charge in [0.15, 0.2) is 5.82 Å². The average molecular weight is 432 g/mol. The van der Waals surface area contributed by atoms with Crippen molar-refractivity contribution >= 4 is 33.2 Å². The lowest BCUT2D eigenvalue weighted by Gasteiger charge is -2.18. The molecule has 1 saturated heterocycles. The Morgan fingerprint density at radius 2 is 2.13 bits per heavy atom. The third kappa shape index (κ3) is 4.43. The Kier molecular flexibility index (Phi) is 6.06. The van der Waals surface area contributed by atoms with Gasteiger partial charge in [0.1, 0.15) is 23.8 Å². The van der Waals surface area contributed by atoms with Crippen LogP contribution in [-0.4, -0.2) is 31.0 Å². The molecule has 1 aromatic carbocycles. The third-order valence-corrected chi connectivity index (χ3v) is 5.78. The van der Waals surface area contributed by atoms with Gasteiger partial charge in [-0.1, -0.05) is 18.2 Å². The average Bonchev–Trinajstić information content (AvgIpc) is 2.96. The second kappa shape index (κ2) is 8.54. The molecular formula is C20H21FN4O4S. The van der Waals surface area contributed by atoms with Crippen LogP contribution in [0.5, 0.6) is 5.75 Å². The zero-order valence-corrected chi connectivity index (χ0v) is 17.2. The van der Waals surface area contributed by atoms with Gasteiger partial charge in [0.2, 0.25) is 0 Å². The molecule has 1 amide bonds. The molecule has 1 aliphatic heterocycles. The number of phenols is 1. The summed E-state index contributed by atoms with van der Waals surface area (Å²) in [6.07, 6.45) is 7.59. The number of allylic oxidation sites excluding steroid dienone is 4. The van der Waals surface area contributed by atoms with Crippen molar-refractivity contribution in [1.82, 2.24) is 9.71 Å². The predicted octanol–water partition coefficient (Wildman–Crippen LogP) is 2.70. The van der Waals surface area contributed by atoms with E-state index in [1.807, 2.05) is 38.1 Å². The monoisotopic (exact) mass is 432 g/mol. The van der Waals surface area contributed by atoms with E-state index in [-0.39, 0.29) is 6.54 Å². The molecule has 0 saturated carbocycles. The summed E-state index contributed by atoms with van der Waals surface area (Å²) in [4.78, 5) is 15.7. The number of nitrogens with one attached hydrogen (secondary N) is 2. The number of amides is 1. The molecule has 158 valence electrons. The van der Waals surface area contributed by atoms with Gasteiger partial charge in [-0.3, -0.25) is 4.79 Å². The van der Waals surface area contributed by atoms with E-state index < -0.39 is 39.9 Å². The molecule has 3 rings (SSSR count). The number of carbonyl (C=O) groups excluding carboxylic acids is 1. The highest BCUT2D eigenvalue weighted by Gasteiger charge is 2.37. The van der Waals surface area contributed by atoms with Crippen LogP contribution in [0, 0.1) is 5.82 Å². The van der Waals surface area contributed by atoms with E-state index in [0.717, 1.165) is 17.2 Å². The van der Waals surface area contributed by atoms with Crippen molar-refractivity contribution in [3.63, 3.8) is 0 Å². The van der Waals surface area contributed by atoms with E-state index in [4.69, 9.17) is 0 Å². The first-order chi connectivity index (χ1) is 14.2. The lowest BCUT2D eigenvalue weighted by atomic mass is 10.1. The van der Waals surface area contributed by atoms with Crippen LogP contribution < -0.4 is 14.3 Å². The highest BCUT2D eigenvalue weighted by molar-refractivity contribution is 7.92. The Morgan fingerprint density at radius 1 is 1.37 bits per heavy atom. The fraction of sp³-hybridized carbons (Fsp3) is 0.200. The molecule has 0 radical (unpaired) electrons. The van der Waals surface area contributed by atoms with Crippen LogP contribution in [-0.2, 0) is 21.5 Å². The highest BCUT2D eigenvalue weighted by Crippen LogP contribution is 2.34. The summed E-state index contributed by atoms with van der Waals surface area (Å²) in [5.74, 6) is -1.79. The Balaban J connectivity index is 1.75. The largest absolute Gasteiger partial charge is 0.506 e. The topological polar surface area (TPSA) is 112 Å². The fourth-order valence-electron chi connectivity index (χ4n) is 3.03. The Hall–Kier alpha value is -3.40.